The second kappa shape index (κ2) is 6.75. The molecule has 0 amide bonds. The molecule has 1 aromatic carbocycles. The van der Waals surface area contributed by atoms with Crippen molar-refractivity contribution < 1.29 is 18.7 Å². The van der Waals surface area contributed by atoms with Crippen molar-refractivity contribution in [3.05, 3.63) is 53.6 Å². The molecule has 3 aromatic rings. The molecule has 1 atom stereocenters. The molecule has 8 nitrogen and oxygen atoms in total. The number of aliphatic imine (C=N–C) groups is 1. The summed E-state index contributed by atoms with van der Waals surface area (Å²) in [5.74, 6) is 1.10. The number of methoxy groups -OCH3 is 1. The van der Waals surface area contributed by atoms with Gasteiger partial charge in [-0.3, -0.25) is 0 Å². The number of rotatable bonds is 5. The topological polar surface area (TPSA) is 82.3 Å². The predicted molar refractivity (Wildman–Crippen MR) is 99.8 cm³/mol. The van der Waals surface area contributed by atoms with E-state index < -0.39 is 11.8 Å². The maximum absolute atomic E-state index is 13.7. The lowest BCUT2D eigenvalue weighted by atomic mass is 10.1. The molecule has 0 saturated carbocycles. The number of ether oxygens (including phenoxy) is 2. The summed E-state index contributed by atoms with van der Waals surface area (Å²) in [4.78, 5) is 14.4. The van der Waals surface area contributed by atoms with Crippen LogP contribution in [0.5, 0.6) is 11.6 Å². The average molecular weight is 385 g/mol. The molecule has 28 heavy (non-hydrogen) atoms. The van der Waals surface area contributed by atoms with Crippen molar-refractivity contribution in [1.29, 1.82) is 0 Å². The first-order chi connectivity index (χ1) is 13.4. The predicted octanol–water partition coefficient (Wildman–Crippen LogP) is 3.03. The van der Waals surface area contributed by atoms with Crippen LogP contribution in [0.4, 0.5) is 4.39 Å². The smallest absolute Gasteiger partial charge is 0.217 e. The van der Waals surface area contributed by atoms with Gasteiger partial charge >= 0.3 is 0 Å². The van der Waals surface area contributed by atoms with Crippen LogP contribution in [0.15, 0.2) is 41.7 Å². The molecule has 3 heterocycles. The molecule has 146 valence electrons. The highest BCUT2D eigenvalue weighted by atomic mass is 19.1. The quantitative estimate of drug-likeness (QED) is 0.727. The molecule has 0 fully saturated rings. The molecule has 0 bridgehead atoms. The van der Waals surface area contributed by atoms with Gasteiger partial charge in [0.25, 0.3) is 0 Å². The second-order valence-electron chi connectivity index (χ2n) is 6.85. The highest BCUT2D eigenvalue weighted by molar-refractivity contribution is 6.03. The number of halogens is 1. The Morgan fingerprint density at radius 1 is 1.29 bits per heavy atom. The van der Waals surface area contributed by atoms with Crippen LogP contribution in [-0.2, 0) is 4.84 Å². The Hall–Kier alpha value is -3.20. The van der Waals surface area contributed by atoms with Gasteiger partial charge in [0.1, 0.15) is 17.7 Å². The maximum atomic E-state index is 13.7. The van der Waals surface area contributed by atoms with Crippen molar-refractivity contribution in [2.75, 3.05) is 7.11 Å². The molecule has 1 aliphatic heterocycles. The molecule has 1 N–H and O–H groups in total. The van der Waals surface area contributed by atoms with Gasteiger partial charge in [-0.2, -0.15) is 10.1 Å². The van der Waals surface area contributed by atoms with Gasteiger partial charge in [-0.25, -0.2) is 24.2 Å². The molecule has 2 aromatic heterocycles. The fourth-order valence-electron chi connectivity index (χ4n) is 2.96. The number of nitrogens with one attached hydrogen (secondary N) is 1. The van der Waals surface area contributed by atoms with Crippen molar-refractivity contribution >= 4 is 11.5 Å². The molecule has 4 rings (SSSR count). The Morgan fingerprint density at radius 3 is 2.82 bits per heavy atom. The lowest BCUT2D eigenvalue weighted by Crippen LogP contribution is -2.23. The largest absolute Gasteiger partial charge is 0.496 e. The normalized spacial score (nSPS) is 16.5. The first-order valence-corrected chi connectivity index (χ1v) is 8.75. The van der Waals surface area contributed by atoms with E-state index in [-0.39, 0.29) is 5.82 Å². The average Bonchev–Trinajstić information content (AvgIpc) is 3.24. The zero-order valence-corrected chi connectivity index (χ0v) is 15.9. The summed E-state index contributed by atoms with van der Waals surface area (Å²) in [6, 6.07) is 6.00. The summed E-state index contributed by atoms with van der Waals surface area (Å²) < 4.78 is 26.5. The van der Waals surface area contributed by atoms with Crippen molar-refractivity contribution in [3.8, 4) is 11.6 Å². The van der Waals surface area contributed by atoms with Crippen molar-refractivity contribution in [2.45, 2.75) is 32.6 Å². The van der Waals surface area contributed by atoms with Crippen LogP contribution in [0.3, 0.4) is 0 Å². The summed E-state index contributed by atoms with van der Waals surface area (Å²) >= 11 is 0. The summed E-state index contributed by atoms with van der Waals surface area (Å²) in [5.41, 5.74) is 3.98. The van der Waals surface area contributed by atoms with Crippen molar-refractivity contribution in [2.24, 2.45) is 4.99 Å². The van der Waals surface area contributed by atoms with Gasteiger partial charge in [-0.15, -0.1) is 0 Å². The lowest BCUT2D eigenvalue weighted by molar-refractivity contribution is -0.0269. The minimum absolute atomic E-state index is 0.360. The Labute approximate surface area is 160 Å². The SMILES string of the molecule is COc1ccc(F)cc1[C@@H](C)Oc1ccn2ncc(C3=NC(C)(C)ON3)c2n1. The molecule has 0 spiro atoms. The monoisotopic (exact) mass is 385 g/mol. The Balaban J connectivity index is 1.65. The number of hydrogen-bond donors (Lipinski definition) is 1. The molecule has 0 saturated heterocycles. The van der Waals surface area contributed by atoms with E-state index >= 15 is 0 Å². The van der Waals surface area contributed by atoms with E-state index in [0.717, 1.165) is 0 Å². The fraction of sp³-hybridized carbons (Fsp3) is 0.316. The number of fused-ring (bicyclic) bond motifs is 1. The number of aromatic nitrogens is 3. The minimum atomic E-state index is -0.667. The van der Waals surface area contributed by atoms with E-state index in [9.17, 15) is 4.39 Å². The highest BCUT2D eigenvalue weighted by Crippen LogP contribution is 2.29. The van der Waals surface area contributed by atoms with Gasteiger partial charge in [0.15, 0.2) is 17.2 Å². The zero-order chi connectivity index (χ0) is 19.9. The van der Waals surface area contributed by atoms with Gasteiger partial charge in [-0.1, -0.05) is 0 Å². The van der Waals surface area contributed by atoms with Crippen LogP contribution in [0.25, 0.3) is 5.65 Å². The van der Waals surface area contributed by atoms with Crippen molar-refractivity contribution in [3.63, 3.8) is 0 Å². The number of amidine groups is 1. The van der Waals surface area contributed by atoms with E-state index in [1.165, 1.54) is 19.2 Å². The summed E-state index contributed by atoms with van der Waals surface area (Å²) in [7, 11) is 1.53. The van der Waals surface area contributed by atoms with Crippen LogP contribution < -0.4 is 15.0 Å². The summed E-state index contributed by atoms with van der Waals surface area (Å²) in [6.07, 6.45) is 2.91. The van der Waals surface area contributed by atoms with Crippen molar-refractivity contribution in [1.82, 2.24) is 20.1 Å². The van der Waals surface area contributed by atoms with Crippen LogP contribution in [0.1, 0.15) is 38.0 Å². The number of nitrogens with zero attached hydrogens (tertiary/aromatic N) is 4. The number of benzene rings is 1. The molecule has 0 radical (unpaired) electrons. The standard InChI is InChI=1S/C19H20FN5O3/c1-11(13-9-12(20)5-6-15(13)26-4)27-16-7-8-25-18(22-16)14(10-21-25)17-23-19(2,3)28-24-17/h5-11H,1-4H3,(H,23,24)/t11-/m1/s1. The molecule has 1 aliphatic rings. The Kier molecular flexibility index (Phi) is 4.38. The third-order valence-corrected chi connectivity index (χ3v) is 4.30. The van der Waals surface area contributed by atoms with E-state index in [1.54, 1.807) is 36.0 Å². The van der Waals surface area contributed by atoms with Crippen LogP contribution in [0.2, 0.25) is 0 Å². The molecule has 0 aliphatic carbocycles. The molecular weight excluding hydrogens is 365 g/mol. The second-order valence-corrected chi connectivity index (χ2v) is 6.85. The van der Waals surface area contributed by atoms with Gasteiger partial charge in [0.2, 0.25) is 5.88 Å². The summed E-state index contributed by atoms with van der Waals surface area (Å²) in [5, 5.41) is 4.28. The minimum Gasteiger partial charge on any atom is -0.496 e. The summed E-state index contributed by atoms with van der Waals surface area (Å²) in [6.45, 7) is 5.49. The Bertz CT molecular complexity index is 1060. The lowest BCUT2D eigenvalue weighted by Gasteiger charge is -2.17. The third kappa shape index (κ3) is 3.36. The van der Waals surface area contributed by atoms with E-state index in [4.69, 9.17) is 14.3 Å². The van der Waals surface area contributed by atoms with Crippen LogP contribution >= 0.6 is 0 Å². The third-order valence-electron chi connectivity index (χ3n) is 4.30. The van der Waals surface area contributed by atoms with Crippen LogP contribution in [0, 0.1) is 5.82 Å². The first-order valence-electron chi connectivity index (χ1n) is 8.75. The van der Waals surface area contributed by atoms with Gasteiger partial charge in [-0.05, 0) is 39.0 Å². The molecule has 9 heteroatoms. The van der Waals surface area contributed by atoms with Crippen LogP contribution in [-0.4, -0.2) is 33.3 Å². The maximum Gasteiger partial charge on any atom is 0.217 e. The van der Waals surface area contributed by atoms with E-state index in [0.29, 0.717) is 34.2 Å². The first kappa shape index (κ1) is 18.2. The zero-order valence-electron chi connectivity index (χ0n) is 15.9. The number of hydroxylamine groups is 1. The number of hydrogen-bond acceptors (Lipinski definition) is 7. The molecular formula is C19H20FN5O3. The van der Waals surface area contributed by atoms with Gasteiger partial charge in [0.05, 0.1) is 18.9 Å². The van der Waals surface area contributed by atoms with Gasteiger partial charge in [0, 0.05) is 17.8 Å². The van der Waals surface area contributed by atoms with Gasteiger partial charge < -0.3 is 9.47 Å². The molecule has 0 unspecified atom stereocenters. The Morgan fingerprint density at radius 2 is 2.11 bits per heavy atom. The van der Waals surface area contributed by atoms with E-state index in [2.05, 4.69) is 20.6 Å². The van der Waals surface area contributed by atoms with E-state index in [1.807, 2.05) is 13.8 Å². The fourth-order valence-corrected chi connectivity index (χ4v) is 2.96. The highest BCUT2D eigenvalue weighted by Gasteiger charge is 2.28.